The van der Waals surface area contributed by atoms with Crippen molar-refractivity contribution in [2.24, 2.45) is 0 Å². The Hall–Kier alpha value is -1.17. The summed E-state index contributed by atoms with van der Waals surface area (Å²) in [4.78, 5) is 2.25. The maximum atomic E-state index is 14.3. The van der Waals surface area contributed by atoms with E-state index in [1.165, 1.54) is 7.11 Å². The number of hydrogen-bond acceptors (Lipinski definition) is 4. The van der Waals surface area contributed by atoms with Gasteiger partial charge in [-0.15, -0.1) is 0 Å². The van der Waals surface area contributed by atoms with Crippen molar-refractivity contribution < 1.29 is 18.6 Å². The largest absolute Gasteiger partial charge is 0.494 e. The monoisotopic (exact) mass is 295 g/mol. The lowest BCUT2D eigenvalue weighted by atomic mass is 9.99. The third-order valence-electron chi connectivity index (χ3n) is 4.20. The smallest absolute Gasteiger partial charge is 0.169 e. The summed E-state index contributed by atoms with van der Waals surface area (Å²) in [6.45, 7) is 5.60. The standard InChI is InChI=1S/C16H22FNO3/c1-12-8-18(10-16(21-12)6-7-20-11-16)9-13-4-3-5-14(19-2)15(13)17/h3-5,12H,6-11H2,1-2H3/t12-,16-/m0/s1. The Morgan fingerprint density at radius 2 is 2.33 bits per heavy atom. The van der Waals surface area contributed by atoms with Gasteiger partial charge in [0.1, 0.15) is 5.60 Å². The molecule has 4 nitrogen and oxygen atoms in total. The maximum absolute atomic E-state index is 14.3. The molecule has 2 aliphatic rings. The highest BCUT2D eigenvalue weighted by molar-refractivity contribution is 5.31. The van der Waals surface area contributed by atoms with Gasteiger partial charge in [0.15, 0.2) is 11.6 Å². The SMILES string of the molecule is COc1cccc(CN2C[C@H](C)O[C@@]3(CCOC3)C2)c1F. The van der Waals surface area contributed by atoms with Gasteiger partial charge in [0, 0.05) is 38.2 Å². The summed E-state index contributed by atoms with van der Waals surface area (Å²) in [5, 5.41) is 0. The van der Waals surface area contributed by atoms with Crippen LogP contribution in [0.4, 0.5) is 4.39 Å². The number of rotatable bonds is 3. The van der Waals surface area contributed by atoms with Crippen molar-refractivity contribution in [3.8, 4) is 5.75 Å². The summed E-state index contributed by atoms with van der Waals surface area (Å²) in [6, 6.07) is 5.29. The van der Waals surface area contributed by atoms with E-state index in [0.29, 0.717) is 24.5 Å². The van der Waals surface area contributed by atoms with Crippen LogP contribution in [0, 0.1) is 5.82 Å². The summed E-state index contributed by atoms with van der Waals surface area (Å²) in [5.74, 6) is 0.0311. The molecular weight excluding hydrogens is 273 g/mol. The Labute approximate surface area is 124 Å². The highest BCUT2D eigenvalue weighted by atomic mass is 19.1. The lowest BCUT2D eigenvalue weighted by Gasteiger charge is -2.43. The minimum absolute atomic E-state index is 0.133. The van der Waals surface area contributed by atoms with Gasteiger partial charge in [-0.3, -0.25) is 4.90 Å². The van der Waals surface area contributed by atoms with E-state index in [0.717, 1.165) is 26.1 Å². The van der Waals surface area contributed by atoms with Gasteiger partial charge in [0.2, 0.25) is 0 Å². The van der Waals surface area contributed by atoms with Crippen molar-refractivity contribution in [2.75, 3.05) is 33.4 Å². The first kappa shape index (κ1) is 14.8. The zero-order valence-electron chi connectivity index (χ0n) is 12.6. The van der Waals surface area contributed by atoms with E-state index in [1.54, 1.807) is 6.07 Å². The molecule has 5 heteroatoms. The van der Waals surface area contributed by atoms with Crippen LogP contribution < -0.4 is 4.74 Å². The van der Waals surface area contributed by atoms with Crippen LogP contribution in [-0.2, 0) is 16.0 Å². The number of nitrogens with zero attached hydrogens (tertiary/aromatic N) is 1. The van der Waals surface area contributed by atoms with Crippen LogP contribution in [-0.4, -0.2) is 50.0 Å². The second-order valence-corrected chi connectivity index (χ2v) is 6.02. The van der Waals surface area contributed by atoms with Crippen molar-refractivity contribution in [1.82, 2.24) is 4.90 Å². The van der Waals surface area contributed by atoms with E-state index in [9.17, 15) is 4.39 Å². The molecule has 1 aromatic rings. The molecule has 0 aromatic heterocycles. The average Bonchev–Trinajstić information content (AvgIpc) is 2.88. The van der Waals surface area contributed by atoms with Crippen molar-refractivity contribution >= 4 is 0 Å². The molecule has 0 saturated carbocycles. The molecule has 2 atom stereocenters. The molecule has 0 amide bonds. The number of methoxy groups -OCH3 is 1. The topological polar surface area (TPSA) is 30.9 Å². The Morgan fingerprint density at radius 3 is 3.05 bits per heavy atom. The Bertz CT molecular complexity index is 502. The molecule has 2 heterocycles. The van der Waals surface area contributed by atoms with E-state index in [1.807, 2.05) is 12.1 Å². The molecule has 1 spiro atoms. The number of hydrogen-bond donors (Lipinski definition) is 0. The fourth-order valence-corrected chi connectivity index (χ4v) is 3.34. The first-order valence-electron chi connectivity index (χ1n) is 7.41. The zero-order valence-corrected chi connectivity index (χ0v) is 12.6. The van der Waals surface area contributed by atoms with Crippen LogP contribution in [0.2, 0.25) is 0 Å². The minimum Gasteiger partial charge on any atom is -0.494 e. The summed E-state index contributed by atoms with van der Waals surface area (Å²) < 4.78 is 30.9. The second kappa shape index (κ2) is 5.91. The van der Waals surface area contributed by atoms with E-state index in [-0.39, 0.29) is 17.5 Å². The molecule has 0 bridgehead atoms. The van der Waals surface area contributed by atoms with Crippen molar-refractivity contribution in [3.05, 3.63) is 29.6 Å². The van der Waals surface area contributed by atoms with Gasteiger partial charge in [0.05, 0.1) is 19.8 Å². The van der Waals surface area contributed by atoms with E-state index in [2.05, 4.69) is 11.8 Å². The first-order chi connectivity index (χ1) is 10.1. The summed E-state index contributed by atoms with van der Waals surface area (Å²) >= 11 is 0. The molecule has 2 fully saturated rings. The van der Waals surface area contributed by atoms with Gasteiger partial charge >= 0.3 is 0 Å². The van der Waals surface area contributed by atoms with Crippen LogP contribution in [0.3, 0.4) is 0 Å². The number of morpholine rings is 1. The molecule has 2 saturated heterocycles. The Balaban J connectivity index is 1.75. The Kier molecular flexibility index (Phi) is 4.15. The van der Waals surface area contributed by atoms with Gasteiger partial charge in [-0.1, -0.05) is 12.1 Å². The van der Waals surface area contributed by atoms with Crippen molar-refractivity contribution in [1.29, 1.82) is 0 Å². The number of benzene rings is 1. The molecule has 1 aromatic carbocycles. The van der Waals surface area contributed by atoms with Crippen LogP contribution in [0.5, 0.6) is 5.75 Å². The molecule has 0 aliphatic carbocycles. The molecule has 116 valence electrons. The quantitative estimate of drug-likeness (QED) is 0.855. The van der Waals surface area contributed by atoms with Gasteiger partial charge in [-0.05, 0) is 13.0 Å². The lowest BCUT2D eigenvalue weighted by molar-refractivity contribution is -0.149. The van der Waals surface area contributed by atoms with Crippen molar-refractivity contribution in [2.45, 2.75) is 31.6 Å². The van der Waals surface area contributed by atoms with E-state index < -0.39 is 0 Å². The highest BCUT2D eigenvalue weighted by Crippen LogP contribution is 2.31. The number of halogens is 1. The van der Waals surface area contributed by atoms with Crippen LogP contribution >= 0.6 is 0 Å². The molecule has 3 rings (SSSR count). The fraction of sp³-hybridized carbons (Fsp3) is 0.625. The van der Waals surface area contributed by atoms with Gasteiger partial charge in [-0.2, -0.15) is 0 Å². The third-order valence-corrected chi connectivity index (χ3v) is 4.20. The molecule has 0 radical (unpaired) electrons. The highest BCUT2D eigenvalue weighted by Gasteiger charge is 2.42. The molecule has 21 heavy (non-hydrogen) atoms. The predicted molar refractivity (Wildman–Crippen MR) is 76.9 cm³/mol. The lowest BCUT2D eigenvalue weighted by Crippen LogP contribution is -2.55. The summed E-state index contributed by atoms with van der Waals surface area (Å²) in [7, 11) is 1.49. The van der Waals surface area contributed by atoms with E-state index >= 15 is 0 Å². The maximum Gasteiger partial charge on any atom is 0.169 e. The average molecular weight is 295 g/mol. The minimum atomic E-state index is -0.268. The molecular formula is C16H22FNO3. The first-order valence-corrected chi connectivity index (χ1v) is 7.41. The molecule has 0 N–H and O–H groups in total. The molecule has 2 aliphatic heterocycles. The normalized spacial score (nSPS) is 30.0. The Morgan fingerprint density at radius 1 is 1.48 bits per heavy atom. The second-order valence-electron chi connectivity index (χ2n) is 6.02. The summed E-state index contributed by atoms with van der Waals surface area (Å²) in [6.07, 6.45) is 1.04. The zero-order chi connectivity index (χ0) is 14.9. The van der Waals surface area contributed by atoms with Crippen LogP contribution in [0.1, 0.15) is 18.9 Å². The van der Waals surface area contributed by atoms with Crippen LogP contribution in [0.15, 0.2) is 18.2 Å². The molecule has 0 unspecified atom stereocenters. The van der Waals surface area contributed by atoms with Crippen molar-refractivity contribution in [3.63, 3.8) is 0 Å². The van der Waals surface area contributed by atoms with Crippen LogP contribution in [0.25, 0.3) is 0 Å². The predicted octanol–water partition coefficient (Wildman–Crippen LogP) is 2.21. The summed E-state index contributed by atoms with van der Waals surface area (Å²) in [5.41, 5.74) is 0.449. The fourth-order valence-electron chi connectivity index (χ4n) is 3.34. The van der Waals surface area contributed by atoms with Gasteiger partial charge in [0.25, 0.3) is 0 Å². The van der Waals surface area contributed by atoms with Gasteiger partial charge in [-0.25, -0.2) is 4.39 Å². The van der Waals surface area contributed by atoms with E-state index in [4.69, 9.17) is 14.2 Å². The third kappa shape index (κ3) is 3.05. The van der Waals surface area contributed by atoms with Gasteiger partial charge < -0.3 is 14.2 Å². The number of ether oxygens (including phenoxy) is 3.